The minimum Gasteiger partial charge on any atom is -0.410 e. The Balaban J connectivity index is 2.60. The summed E-state index contributed by atoms with van der Waals surface area (Å²) in [5.41, 5.74) is -1.35. The van der Waals surface area contributed by atoms with Crippen LogP contribution in [0.25, 0.3) is 21.8 Å². The number of fused-ring (bicyclic) bond motifs is 2. The molecule has 0 saturated heterocycles. The highest BCUT2D eigenvalue weighted by Gasteiger charge is 2.18. The molecule has 2 aromatic rings. The van der Waals surface area contributed by atoms with Crippen molar-refractivity contribution in [2.45, 2.75) is 13.5 Å². The van der Waals surface area contributed by atoms with Gasteiger partial charge in [0.05, 0.1) is 16.8 Å². The Kier molecular flexibility index (Phi) is 2.86. The second-order valence-electron chi connectivity index (χ2n) is 5.46. The summed E-state index contributed by atoms with van der Waals surface area (Å²) in [4.78, 5) is 42.6. The van der Waals surface area contributed by atoms with Crippen LogP contribution in [0.1, 0.15) is 6.92 Å². The summed E-state index contributed by atoms with van der Waals surface area (Å²) in [5, 5.41) is 12.4. The highest BCUT2D eigenvalue weighted by atomic mass is 16.4. The molecule has 2 aliphatic carbocycles. The van der Waals surface area contributed by atoms with Gasteiger partial charge in [-0.1, -0.05) is 29.4 Å². The summed E-state index contributed by atoms with van der Waals surface area (Å²) < 4.78 is 1.56. The number of imidazole rings is 1. The standard InChI is InChI=1S/C17H11N3O4/c1-2-20-7-18-13-12(19-24)10-11(17(23)14(13)20)16(22)9-6-4-3-5-8(9)15(10)21/h3-7,24H,2H2,1H3/b19-12+. The number of benzene rings is 1. The van der Waals surface area contributed by atoms with Crippen LogP contribution in [0.4, 0.5) is 0 Å². The van der Waals surface area contributed by atoms with Gasteiger partial charge in [-0.15, -0.1) is 0 Å². The van der Waals surface area contributed by atoms with Gasteiger partial charge in [-0.05, 0) is 6.92 Å². The predicted octanol–water partition coefficient (Wildman–Crippen LogP) is 0.180. The molecular formula is C17H11N3O4. The highest BCUT2D eigenvalue weighted by Crippen LogP contribution is 2.07. The average molecular weight is 321 g/mol. The summed E-state index contributed by atoms with van der Waals surface area (Å²) in [7, 11) is 0. The summed E-state index contributed by atoms with van der Waals surface area (Å²) in [6.45, 7) is 2.27. The number of rotatable bonds is 1. The molecule has 0 fully saturated rings. The summed E-state index contributed by atoms with van der Waals surface area (Å²) in [5.74, 6) is 0. The highest BCUT2D eigenvalue weighted by molar-refractivity contribution is 5.84. The fraction of sp³-hybridized carbons (Fsp3) is 0.118. The van der Waals surface area contributed by atoms with Crippen molar-refractivity contribution in [2.24, 2.45) is 5.16 Å². The van der Waals surface area contributed by atoms with Gasteiger partial charge < -0.3 is 9.77 Å². The molecule has 4 rings (SSSR count). The number of hydrogen-bond donors (Lipinski definition) is 1. The minimum absolute atomic E-state index is 0.114. The maximum Gasteiger partial charge on any atom is 0.216 e. The molecule has 0 aliphatic heterocycles. The van der Waals surface area contributed by atoms with E-state index < -0.39 is 16.3 Å². The van der Waals surface area contributed by atoms with Crippen molar-refractivity contribution in [1.82, 2.24) is 9.55 Å². The molecule has 1 N–H and O–H groups in total. The van der Waals surface area contributed by atoms with Crippen LogP contribution >= 0.6 is 0 Å². The number of aryl methyl sites for hydroxylation is 1. The lowest BCUT2D eigenvalue weighted by atomic mass is 10.0. The van der Waals surface area contributed by atoms with Crippen LogP contribution in [0.5, 0.6) is 0 Å². The first kappa shape index (κ1) is 14.3. The summed E-state index contributed by atoms with van der Waals surface area (Å²) in [6.07, 6.45) is 1.42. The second-order valence-corrected chi connectivity index (χ2v) is 5.46. The van der Waals surface area contributed by atoms with E-state index in [-0.39, 0.29) is 37.6 Å². The Morgan fingerprint density at radius 2 is 1.67 bits per heavy atom. The Morgan fingerprint density at radius 3 is 2.25 bits per heavy atom. The Bertz CT molecular complexity index is 1410. The van der Waals surface area contributed by atoms with Crippen LogP contribution in [0, 0.1) is 10.4 Å². The molecule has 0 amide bonds. The van der Waals surface area contributed by atoms with Gasteiger partial charge >= 0.3 is 0 Å². The fourth-order valence-corrected chi connectivity index (χ4v) is 3.19. The molecular weight excluding hydrogens is 310 g/mol. The molecule has 0 bridgehead atoms. The van der Waals surface area contributed by atoms with Crippen molar-refractivity contribution in [1.29, 1.82) is 0 Å². The molecule has 1 heterocycles. The zero-order valence-corrected chi connectivity index (χ0v) is 12.6. The van der Waals surface area contributed by atoms with Crippen LogP contribution in [-0.4, -0.2) is 14.8 Å². The molecule has 0 radical (unpaired) electrons. The lowest BCUT2D eigenvalue weighted by molar-refractivity contribution is 0.302. The summed E-state index contributed by atoms with van der Waals surface area (Å²) in [6, 6.07) is 6.28. The fourth-order valence-electron chi connectivity index (χ4n) is 3.19. The van der Waals surface area contributed by atoms with E-state index in [0.717, 1.165) is 0 Å². The van der Waals surface area contributed by atoms with Gasteiger partial charge in [0.1, 0.15) is 16.4 Å². The number of aromatic nitrogens is 2. The second kappa shape index (κ2) is 4.82. The zero-order chi connectivity index (χ0) is 17.0. The van der Waals surface area contributed by atoms with E-state index >= 15 is 0 Å². The predicted molar refractivity (Wildman–Crippen MR) is 86.7 cm³/mol. The third-order valence-electron chi connectivity index (χ3n) is 4.30. The topological polar surface area (TPSA) is 102 Å². The van der Waals surface area contributed by atoms with Gasteiger partial charge in [0, 0.05) is 17.3 Å². The Labute approximate surface area is 133 Å². The molecule has 1 aromatic carbocycles. The van der Waals surface area contributed by atoms with Crippen LogP contribution in [-0.2, 0) is 6.54 Å². The third-order valence-corrected chi connectivity index (χ3v) is 4.30. The van der Waals surface area contributed by atoms with Gasteiger partial charge in [0.25, 0.3) is 0 Å². The normalized spacial score (nSPS) is 12.6. The molecule has 2 aliphatic rings. The van der Waals surface area contributed by atoms with Crippen molar-refractivity contribution in [3.63, 3.8) is 0 Å². The van der Waals surface area contributed by atoms with E-state index in [2.05, 4.69) is 10.1 Å². The van der Waals surface area contributed by atoms with Crippen LogP contribution in [0.3, 0.4) is 0 Å². The molecule has 0 saturated carbocycles. The third kappa shape index (κ3) is 1.58. The van der Waals surface area contributed by atoms with Gasteiger partial charge in [-0.3, -0.25) is 14.4 Å². The van der Waals surface area contributed by atoms with Crippen LogP contribution in [0.2, 0.25) is 0 Å². The van der Waals surface area contributed by atoms with Gasteiger partial charge in [0.15, 0.2) is 10.9 Å². The first-order chi connectivity index (χ1) is 11.6. The lowest BCUT2D eigenvalue weighted by Gasteiger charge is -2.01. The molecule has 0 unspecified atom stereocenters. The van der Waals surface area contributed by atoms with E-state index in [1.54, 1.807) is 16.7 Å². The molecule has 118 valence electrons. The van der Waals surface area contributed by atoms with Gasteiger partial charge in [-0.25, -0.2) is 4.98 Å². The maximum atomic E-state index is 12.9. The van der Waals surface area contributed by atoms with E-state index in [0.29, 0.717) is 6.54 Å². The molecule has 7 nitrogen and oxygen atoms in total. The molecule has 7 heteroatoms. The van der Waals surface area contributed by atoms with Gasteiger partial charge in [0.2, 0.25) is 5.43 Å². The smallest absolute Gasteiger partial charge is 0.216 e. The zero-order valence-electron chi connectivity index (χ0n) is 12.6. The van der Waals surface area contributed by atoms with Crippen molar-refractivity contribution in [3.8, 4) is 0 Å². The number of nitrogens with zero attached hydrogens (tertiary/aromatic N) is 3. The molecule has 0 spiro atoms. The SMILES string of the molecule is CCn1cnc2/c(=N/O)c3c(=O)c4ccccc4c(=O)c=3c(=O)c21. The van der Waals surface area contributed by atoms with Crippen molar-refractivity contribution in [3.05, 3.63) is 77.1 Å². The lowest BCUT2D eigenvalue weighted by Crippen LogP contribution is -2.30. The van der Waals surface area contributed by atoms with Crippen molar-refractivity contribution < 1.29 is 5.21 Å². The largest absolute Gasteiger partial charge is 0.410 e. The van der Waals surface area contributed by atoms with Crippen molar-refractivity contribution >= 4 is 21.8 Å². The van der Waals surface area contributed by atoms with E-state index in [9.17, 15) is 19.6 Å². The summed E-state index contributed by atoms with van der Waals surface area (Å²) >= 11 is 0. The Morgan fingerprint density at radius 1 is 1.04 bits per heavy atom. The average Bonchev–Trinajstić information content (AvgIpc) is 3.04. The van der Waals surface area contributed by atoms with Crippen LogP contribution < -0.4 is 21.6 Å². The molecule has 1 aromatic heterocycles. The van der Waals surface area contributed by atoms with Crippen LogP contribution in [0.15, 0.2) is 50.1 Å². The van der Waals surface area contributed by atoms with Gasteiger partial charge in [-0.2, -0.15) is 0 Å². The first-order valence-corrected chi connectivity index (χ1v) is 7.35. The number of hydrogen-bond acceptors (Lipinski definition) is 6. The van der Waals surface area contributed by atoms with E-state index in [1.807, 2.05) is 6.92 Å². The van der Waals surface area contributed by atoms with E-state index in [4.69, 9.17) is 0 Å². The van der Waals surface area contributed by atoms with E-state index in [1.165, 1.54) is 18.5 Å². The molecule has 0 atom stereocenters. The first-order valence-electron chi connectivity index (χ1n) is 7.35. The van der Waals surface area contributed by atoms with Crippen molar-refractivity contribution in [2.75, 3.05) is 0 Å². The molecule has 24 heavy (non-hydrogen) atoms. The monoisotopic (exact) mass is 321 g/mol. The minimum atomic E-state index is -0.570. The Hall–Kier alpha value is -3.35. The maximum absolute atomic E-state index is 12.9. The quantitative estimate of drug-likeness (QED) is 0.398.